The van der Waals surface area contributed by atoms with Crippen molar-refractivity contribution >= 4 is 44.4 Å². The fourth-order valence-electron chi connectivity index (χ4n) is 2.57. The van der Waals surface area contributed by atoms with Gasteiger partial charge in [0.2, 0.25) is 0 Å². The summed E-state index contributed by atoms with van der Waals surface area (Å²) in [6.45, 7) is -0.456. The molecule has 0 aliphatic carbocycles. The molecule has 1 amide bonds. The van der Waals surface area contributed by atoms with Crippen LogP contribution in [0.5, 0.6) is 0 Å². The van der Waals surface area contributed by atoms with Gasteiger partial charge in [-0.15, -0.1) is 0 Å². The zero-order valence-electron chi connectivity index (χ0n) is 13.7. The summed E-state index contributed by atoms with van der Waals surface area (Å²) in [5.41, 5.74) is 2.05. The number of rotatable bonds is 6. The van der Waals surface area contributed by atoms with E-state index in [0.29, 0.717) is 10.9 Å². The van der Waals surface area contributed by atoms with Crippen LogP contribution in [0.25, 0.3) is 10.9 Å². The topological polar surface area (TPSA) is 71.2 Å². The van der Waals surface area contributed by atoms with E-state index in [-0.39, 0.29) is 12.1 Å². The number of aromatic nitrogens is 1. The van der Waals surface area contributed by atoms with Gasteiger partial charge in [-0.05, 0) is 36.2 Å². The number of ether oxygens (including phenoxy) is 1. The maximum Gasteiger partial charge on any atom is 0.306 e. The summed E-state index contributed by atoms with van der Waals surface area (Å²) < 4.78 is 19.2. The first-order valence-corrected chi connectivity index (χ1v) is 8.78. The Morgan fingerprint density at radius 3 is 2.81 bits per heavy atom. The second-order valence-electron chi connectivity index (χ2n) is 5.69. The van der Waals surface area contributed by atoms with Gasteiger partial charge in [0.1, 0.15) is 5.82 Å². The van der Waals surface area contributed by atoms with Crippen molar-refractivity contribution in [3.63, 3.8) is 0 Å². The van der Waals surface area contributed by atoms with E-state index in [1.54, 1.807) is 6.07 Å². The maximum atomic E-state index is 13.7. The number of H-pyrrole nitrogens is 1. The van der Waals surface area contributed by atoms with E-state index in [2.05, 4.69) is 26.2 Å². The van der Waals surface area contributed by atoms with E-state index in [4.69, 9.17) is 4.74 Å². The number of nitrogens with one attached hydrogen (secondary N) is 2. The summed E-state index contributed by atoms with van der Waals surface area (Å²) in [5.74, 6) is -1.65. The van der Waals surface area contributed by atoms with Gasteiger partial charge in [-0.1, -0.05) is 34.1 Å². The third kappa shape index (κ3) is 4.49. The summed E-state index contributed by atoms with van der Waals surface area (Å²) in [7, 11) is 0. The Balaban J connectivity index is 1.47. The van der Waals surface area contributed by atoms with E-state index in [1.807, 2.05) is 30.5 Å². The van der Waals surface area contributed by atoms with Gasteiger partial charge in [-0.3, -0.25) is 9.59 Å². The van der Waals surface area contributed by atoms with Crippen molar-refractivity contribution in [1.29, 1.82) is 0 Å². The number of halogens is 2. The number of hydrogen-bond donors (Lipinski definition) is 2. The van der Waals surface area contributed by atoms with Crippen LogP contribution in [0.4, 0.5) is 10.1 Å². The molecule has 0 aliphatic rings. The summed E-state index contributed by atoms with van der Waals surface area (Å²) in [6.07, 6.45) is 2.52. The van der Waals surface area contributed by atoms with Gasteiger partial charge < -0.3 is 15.0 Å². The van der Waals surface area contributed by atoms with Crippen LogP contribution in [-0.2, 0) is 20.7 Å². The van der Waals surface area contributed by atoms with E-state index < -0.39 is 24.3 Å². The highest BCUT2D eigenvalue weighted by molar-refractivity contribution is 9.10. The lowest BCUT2D eigenvalue weighted by Gasteiger charge is -2.07. The lowest BCUT2D eigenvalue weighted by atomic mass is 10.1. The molecule has 2 N–H and O–H groups in total. The number of aryl methyl sites for hydroxylation is 1. The van der Waals surface area contributed by atoms with Gasteiger partial charge in [-0.2, -0.15) is 0 Å². The van der Waals surface area contributed by atoms with Crippen LogP contribution in [-0.4, -0.2) is 23.5 Å². The Hall–Kier alpha value is -2.67. The average molecular weight is 419 g/mol. The second-order valence-corrected chi connectivity index (χ2v) is 6.61. The fourth-order valence-corrected chi connectivity index (χ4v) is 2.90. The van der Waals surface area contributed by atoms with Crippen molar-refractivity contribution < 1.29 is 18.7 Å². The number of para-hydroxylation sites is 1. The van der Waals surface area contributed by atoms with E-state index in [9.17, 15) is 14.0 Å². The minimum Gasteiger partial charge on any atom is -0.456 e. The Kier molecular flexibility index (Phi) is 5.68. The molecule has 0 aliphatic heterocycles. The Morgan fingerprint density at radius 2 is 2.00 bits per heavy atom. The lowest BCUT2D eigenvalue weighted by molar-refractivity contribution is -0.147. The Morgan fingerprint density at radius 1 is 1.19 bits per heavy atom. The lowest BCUT2D eigenvalue weighted by Crippen LogP contribution is -2.21. The molecule has 1 aromatic heterocycles. The first kappa shape index (κ1) is 18.1. The largest absolute Gasteiger partial charge is 0.456 e. The molecule has 3 aromatic rings. The predicted molar refractivity (Wildman–Crippen MR) is 100 cm³/mol. The number of fused-ring (bicyclic) bond motifs is 1. The first-order chi connectivity index (χ1) is 12.5. The normalized spacial score (nSPS) is 10.7. The van der Waals surface area contributed by atoms with Crippen LogP contribution in [0.1, 0.15) is 12.0 Å². The number of hydrogen-bond acceptors (Lipinski definition) is 3. The smallest absolute Gasteiger partial charge is 0.306 e. The minimum atomic E-state index is -0.591. The van der Waals surface area contributed by atoms with E-state index >= 15 is 0 Å². The fraction of sp³-hybridized carbons (Fsp3) is 0.158. The van der Waals surface area contributed by atoms with Gasteiger partial charge in [0, 0.05) is 28.0 Å². The van der Waals surface area contributed by atoms with Crippen molar-refractivity contribution in [2.75, 3.05) is 11.9 Å². The zero-order chi connectivity index (χ0) is 18.5. The van der Waals surface area contributed by atoms with Crippen LogP contribution >= 0.6 is 15.9 Å². The molecular formula is C19H16BrFN2O3. The van der Waals surface area contributed by atoms with Gasteiger partial charge in [0.25, 0.3) is 5.91 Å². The molecule has 0 atom stereocenters. The number of esters is 1. The Bertz CT molecular complexity index is 955. The van der Waals surface area contributed by atoms with E-state index in [1.165, 1.54) is 12.1 Å². The molecule has 0 unspecified atom stereocenters. The van der Waals surface area contributed by atoms with Gasteiger partial charge in [-0.25, -0.2) is 4.39 Å². The molecule has 0 saturated heterocycles. The highest BCUT2D eigenvalue weighted by atomic mass is 79.9. The molecule has 1 heterocycles. The van der Waals surface area contributed by atoms with Crippen molar-refractivity contribution in [3.8, 4) is 0 Å². The summed E-state index contributed by atoms with van der Waals surface area (Å²) in [6, 6.07) is 12.1. The molecule has 5 nitrogen and oxygen atoms in total. The summed E-state index contributed by atoms with van der Waals surface area (Å²) in [5, 5.41) is 3.43. The summed E-state index contributed by atoms with van der Waals surface area (Å²) in [4.78, 5) is 26.8. The second kappa shape index (κ2) is 8.14. The minimum absolute atomic E-state index is 0.0352. The van der Waals surface area contributed by atoms with E-state index in [0.717, 1.165) is 16.5 Å². The summed E-state index contributed by atoms with van der Waals surface area (Å²) >= 11 is 3.14. The van der Waals surface area contributed by atoms with Crippen LogP contribution < -0.4 is 5.32 Å². The molecule has 26 heavy (non-hydrogen) atoms. The molecule has 0 bridgehead atoms. The highest BCUT2D eigenvalue weighted by Crippen LogP contribution is 2.20. The SMILES string of the molecule is O=C(COC(=O)CCc1c[nH]c2ccccc12)Nc1ccc(Br)cc1F. The zero-order valence-corrected chi connectivity index (χ0v) is 15.3. The van der Waals surface area contributed by atoms with Crippen LogP contribution in [0.15, 0.2) is 53.1 Å². The van der Waals surface area contributed by atoms with Gasteiger partial charge >= 0.3 is 5.97 Å². The van der Waals surface area contributed by atoms with Crippen LogP contribution in [0.3, 0.4) is 0 Å². The van der Waals surface area contributed by atoms with Crippen molar-refractivity contribution in [2.24, 2.45) is 0 Å². The van der Waals surface area contributed by atoms with Crippen molar-refractivity contribution in [2.45, 2.75) is 12.8 Å². The molecule has 0 fully saturated rings. The average Bonchev–Trinajstić information content (AvgIpc) is 3.04. The quantitative estimate of drug-likeness (QED) is 0.589. The third-order valence-electron chi connectivity index (χ3n) is 3.84. The number of amides is 1. The molecular weight excluding hydrogens is 403 g/mol. The number of benzene rings is 2. The number of aromatic amines is 1. The molecule has 134 valence electrons. The van der Waals surface area contributed by atoms with Crippen LogP contribution in [0.2, 0.25) is 0 Å². The third-order valence-corrected chi connectivity index (χ3v) is 4.34. The maximum absolute atomic E-state index is 13.7. The number of carbonyl (C=O) groups excluding carboxylic acids is 2. The van der Waals surface area contributed by atoms with Crippen molar-refractivity contribution in [3.05, 3.63) is 64.5 Å². The van der Waals surface area contributed by atoms with Gasteiger partial charge in [0.05, 0.1) is 5.69 Å². The molecule has 7 heteroatoms. The highest BCUT2D eigenvalue weighted by Gasteiger charge is 2.12. The number of carbonyl (C=O) groups is 2. The van der Waals surface area contributed by atoms with Crippen LogP contribution in [0, 0.1) is 5.82 Å². The van der Waals surface area contributed by atoms with Gasteiger partial charge in [0.15, 0.2) is 6.61 Å². The monoisotopic (exact) mass is 418 g/mol. The molecule has 0 saturated carbocycles. The Labute approximate surface area is 157 Å². The molecule has 0 spiro atoms. The standard InChI is InChI=1S/C19H16BrFN2O3/c20-13-6-7-17(15(21)9-13)23-18(24)11-26-19(25)8-5-12-10-22-16-4-2-1-3-14(12)16/h1-4,6-7,9-10,22H,5,8,11H2,(H,23,24). The first-order valence-electron chi connectivity index (χ1n) is 7.98. The van der Waals surface area contributed by atoms with Crippen molar-refractivity contribution in [1.82, 2.24) is 4.98 Å². The molecule has 2 aromatic carbocycles. The molecule has 0 radical (unpaired) electrons. The predicted octanol–water partition coefficient (Wildman–Crippen LogP) is 4.18. The number of anilines is 1. The molecule has 3 rings (SSSR count).